The van der Waals surface area contributed by atoms with Crippen LogP contribution in [0.3, 0.4) is 0 Å². The molecule has 1 fully saturated rings. The van der Waals surface area contributed by atoms with Gasteiger partial charge in [0.1, 0.15) is 5.69 Å². The number of anilines is 1. The van der Waals surface area contributed by atoms with E-state index in [4.69, 9.17) is 5.73 Å². The second-order valence-corrected chi connectivity index (χ2v) is 6.24. The Kier molecular flexibility index (Phi) is 3.90. The molecule has 1 atom stereocenters. The second kappa shape index (κ2) is 5.26. The fourth-order valence-electron chi connectivity index (χ4n) is 2.27. The van der Waals surface area contributed by atoms with Gasteiger partial charge in [-0.3, -0.25) is 4.79 Å². The Hall–Kier alpha value is -1.10. The van der Waals surface area contributed by atoms with E-state index in [1.54, 1.807) is 6.07 Å². The standard InChI is InChI=1S/C13H21N3OS/c1-9(2)16-7-10(14)6-12(16)13(17)15(3)11-4-5-18-8-11/h6-7,9,11H,4-5,8,14H2,1-3H3. The number of aromatic nitrogens is 1. The lowest BCUT2D eigenvalue weighted by Crippen LogP contribution is -2.38. The number of carbonyl (C=O) groups is 1. The highest BCUT2D eigenvalue weighted by Gasteiger charge is 2.26. The highest BCUT2D eigenvalue weighted by molar-refractivity contribution is 7.99. The van der Waals surface area contributed by atoms with Gasteiger partial charge in [0.15, 0.2) is 0 Å². The number of thioether (sulfide) groups is 1. The molecule has 2 rings (SSSR count). The summed E-state index contributed by atoms with van der Waals surface area (Å²) in [6.45, 7) is 4.11. The number of hydrogen-bond donors (Lipinski definition) is 1. The number of rotatable bonds is 3. The number of carbonyl (C=O) groups excluding carboxylic acids is 1. The van der Waals surface area contributed by atoms with E-state index in [-0.39, 0.29) is 11.9 Å². The highest BCUT2D eigenvalue weighted by atomic mass is 32.2. The van der Waals surface area contributed by atoms with E-state index in [2.05, 4.69) is 13.8 Å². The van der Waals surface area contributed by atoms with E-state index in [1.807, 2.05) is 34.5 Å². The third-order valence-electron chi connectivity index (χ3n) is 3.42. The molecular weight excluding hydrogens is 246 g/mol. The zero-order valence-electron chi connectivity index (χ0n) is 11.2. The molecule has 2 N–H and O–H groups in total. The van der Waals surface area contributed by atoms with Gasteiger partial charge in [-0.1, -0.05) is 0 Å². The molecule has 1 amide bonds. The van der Waals surface area contributed by atoms with E-state index in [1.165, 1.54) is 0 Å². The van der Waals surface area contributed by atoms with Crippen molar-refractivity contribution >= 4 is 23.4 Å². The van der Waals surface area contributed by atoms with Gasteiger partial charge in [0.05, 0.1) is 5.69 Å². The second-order valence-electron chi connectivity index (χ2n) is 5.09. The predicted octanol–water partition coefficient (Wildman–Crippen LogP) is 2.23. The van der Waals surface area contributed by atoms with Gasteiger partial charge < -0.3 is 15.2 Å². The van der Waals surface area contributed by atoms with Gasteiger partial charge in [-0.15, -0.1) is 0 Å². The molecule has 1 aliphatic heterocycles. The van der Waals surface area contributed by atoms with E-state index in [0.29, 0.717) is 17.4 Å². The van der Waals surface area contributed by atoms with Crippen molar-refractivity contribution in [2.45, 2.75) is 32.4 Å². The Bertz CT molecular complexity index is 435. The van der Waals surface area contributed by atoms with E-state index in [0.717, 1.165) is 17.9 Å². The normalized spacial score (nSPS) is 19.4. The molecule has 5 heteroatoms. The molecule has 1 saturated heterocycles. The summed E-state index contributed by atoms with van der Waals surface area (Å²) in [5, 5.41) is 0. The van der Waals surface area contributed by atoms with Crippen LogP contribution >= 0.6 is 11.8 Å². The number of hydrogen-bond acceptors (Lipinski definition) is 3. The molecule has 1 aromatic rings. The average Bonchev–Trinajstić information content (AvgIpc) is 2.95. The first-order valence-corrected chi connectivity index (χ1v) is 7.48. The van der Waals surface area contributed by atoms with Crippen molar-refractivity contribution in [1.29, 1.82) is 0 Å². The summed E-state index contributed by atoms with van der Waals surface area (Å²) < 4.78 is 1.95. The smallest absolute Gasteiger partial charge is 0.270 e. The Balaban J connectivity index is 2.22. The molecule has 0 radical (unpaired) electrons. The predicted molar refractivity (Wildman–Crippen MR) is 77.1 cm³/mol. The minimum atomic E-state index is 0.0768. The zero-order valence-corrected chi connectivity index (χ0v) is 12.0. The van der Waals surface area contributed by atoms with Crippen LogP contribution in [0.25, 0.3) is 0 Å². The van der Waals surface area contributed by atoms with Crippen LogP contribution in [0.2, 0.25) is 0 Å². The van der Waals surface area contributed by atoms with Gasteiger partial charge in [-0.05, 0) is 32.1 Å². The highest BCUT2D eigenvalue weighted by Crippen LogP contribution is 2.24. The molecule has 4 nitrogen and oxygen atoms in total. The molecule has 0 saturated carbocycles. The third kappa shape index (κ3) is 2.51. The lowest BCUT2D eigenvalue weighted by atomic mass is 10.2. The van der Waals surface area contributed by atoms with Crippen molar-refractivity contribution in [3.63, 3.8) is 0 Å². The van der Waals surface area contributed by atoms with Crippen LogP contribution in [0.5, 0.6) is 0 Å². The number of nitrogens with zero attached hydrogens (tertiary/aromatic N) is 2. The van der Waals surface area contributed by atoms with Crippen molar-refractivity contribution in [3.05, 3.63) is 18.0 Å². The van der Waals surface area contributed by atoms with Crippen LogP contribution in [-0.2, 0) is 0 Å². The molecule has 1 unspecified atom stereocenters. The average molecular weight is 267 g/mol. The van der Waals surface area contributed by atoms with Crippen molar-refractivity contribution in [1.82, 2.24) is 9.47 Å². The SMILES string of the molecule is CC(C)n1cc(N)cc1C(=O)N(C)C1CCSC1. The summed E-state index contributed by atoms with van der Waals surface area (Å²) in [5.74, 6) is 2.27. The van der Waals surface area contributed by atoms with Crippen LogP contribution in [0.1, 0.15) is 36.8 Å². The van der Waals surface area contributed by atoms with Gasteiger partial charge in [0.25, 0.3) is 5.91 Å². The molecule has 1 aliphatic rings. The zero-order chi connectivity index (χ0) is 13.3. The lowest BCUT2D eigenvalue weighted by molar-refractivity contribution is 0.0735. The number of nitrogens with two attached hydrogens (primary N) is 1. The maximum Gasteiger partial charge on any atom is 0.270 e. The van der Waals surface area contributed by atoms with Gasteiger partial charge in [-0.2, -0.15) is 11.8 Å². The molecule has 2 heterocycles. The first kappa shape index (κ1) is 13.3. The summed E-state index contributed by atoms with van der Waals surface area (Å²) in [6.07, 6.45) is 2.93. The minimum absolute atomic E-state index is 0.0768. The molecular formula is C13H21N3OS. The quantitative estimate of drug-likeness (QED) is 0.913. The summed E-state index contributed by atoms with van der Waals surface area (Å²) in [5.41, 5.74) is 7.16. The Labute approximate surface area is 113 Å². The molecule has 0 bridgehead atoms. The summed E-state index contributed by atoms with van der Waals surface area (Å²) in [4.78, 5) is 14.4. The Morgan fingerprint density at radius 1 is 1.61 bits per heavy atom. The third-order valence-corrected chi connectivity index (χ3v) is 4.56. The van der Waals surface area contributed by atoms with E-state index in [9.17, 15) is 4.79 Å². The van der Waals surface area contributed by atoms with Crippen LogP contribution in [0.15, 0.2) is 12.3 Å². The maximum atomic E-state index is 12.5. The molecule has 1 aromatic heterocycles. The monoisotopic (exact) mass is 267 g/mol. The van der Waals surface area contributed by atoms with Crippen LogP contribution in [0, 0.1) is 0 Å². The maximum absolute atomic E-state index is 12.5. The van der Waals surface area contributed by atoms with E-state index >= 15 is 0 Å². The van der Waals surface area contributed by atoms with Crippen LogP contribution < -0.4 is 5.73 Å². The van der Waals surface area contributed by atoms with Crippen LogP contribution in [0.4, 0.5) is 5.69 Å². The molecule has 100 valence electrons. The molecule has 0 aliphatic carbocycles. The largest absolute Gasteiger partial charge is 0.397 e. The number of amides is 1. The summed E-state index contributed by atoms with van der Waals surface area (Å²) in [7, 11) is 1.90. The fraction of sp³-hybridized carbons (Fsp3) is 0.615. The first-order chi connectivity index (χ1) is 8.50. The Morgan fingerprint density at radius 2 is 2.33 bits per heavy atom. The fourth-order valence-corrected chi connectivity index (χ4v) is 3.54. The summed E-state index contributed by atoms with van der Waals surface area (Å²) >= 11 is 1.91. The van der Waals surface area contributed by atoms with Crippen molar-refractivity contribution < 1.29 is 4.79 Å². The van der Waals surface area contributed by atoms with E-state index < -0.39 is 0 Å². The van der Waals surface area contributed by atoms with Crippen LogP contribution in [-0.4, -0.2) is 40.0 Å². The molecule has 18 heavy (non-hydrogen) atoms. The van der Waals surface area contributed by atoms with Crippen molar-refractivity contribution in [3.8, 4) is 0 Å². The van der Waals surface area contributed by atoms with Gasteiger partial charge >= 0.3 is 0 Å². The van der Waals surface area contributed by atoms with Gasteiger partial charge in [-0.25, -0.2) is 0 Å². The molecule has 0 spiro atoms. The van der Waals surface area contributed by atoms with Crippen molar-refractivity contribution in [2.75, 3.05) is 24.3 Å². The molecule has 0 aromatic carbocycles. The summed E-state index contributed by atoms with van der Waals surface area (Å²) in [6, 6.07) is 2.38. The number of nitrogen functional groups attached to an aromatic ring is 1. The topological polar surface area (TPSA) is 51.3 Å². The minimum Gasteiger partial charge on any atom is -0.397 e. The van der Waals surface area contributed by atoms with Gasteiger partial charge in [0.2, 0.25) is 0 Å². The lowest BCUT2D eigenvalue weighted by Gasteiger charge is -2.25. The first-order valence-electron chi connectivity index (χ1n) is 6.33. The Morgan fingerprint density at radius 3 is 2.89 bits per heavy atom. The van der Waals surface area contributed by atoms with Gasteiger partial charge in [0, 0.05) is 31.1 Å². The van der Waals surface area contributed by atoms with Crippen molar-refractivity contribution in [2.24, 2.45) is 0 Å².